The fraction of sp³-hybridized carbons (Fsp3) is 0.478. The Bertz CT molecular complexity index is 891. The number of carbonyl (C=O) groups excluding carboxylic acids is 1. The molecule has 0 unspecified atom stereocenters. The fourth-order valence-electron chi connectivity index (χ4n) is 5.66. The summed E-state index contributed by atoms with van der Waals surface area (Å²) in [5, 5.41) is 0. The van der Waals surface area contributed by atoms with Crippen LogP contribution >= 0.6 is 0 Å². The van der Waals surface area contributed by atoms with E-state index in [-0.39, 0.29) is 5.91 Å². The maximum atomic E-state index is 13.5. The number of aromatic nitrogens is 1. The number of nitrogens with zero attached hydrogens (tertiary/aromatic N) is 3. The van der Waals surface area contributed by atoms with Gasteiger partial charge < -0.3 is 9.64 Å². The largest absolute Gasteiger partial charge is 0.497 e. The summed E-state index contributed by atoms with van der Waals surface area (Å²) in [5.74, 6) is 1.94. The predicted molar refractivity (Wildman–Crippen MR) is 108 cm³/mol. The topological polar surface area (TPSA) is 45.7 Å². The molecule has 1 aromatic carbocycles. The molecule has 5 nitrogen and oxygen atoms in total. The summed E-state index contributed by atoms with van der Waals surface area (Å²) in [5.41, 5.74) is 3.01. The highest BCUT2D eigenvalue weighted by molar-refractivity contribution is 5.94. The van der Waals surface area contributed by atoms with Gasteiger partial charge in [0.05, 0.1) is 18.7 Å². The Balaban J connectivity index is 1.53. The first-order chi connectivity index (χ1) is 13.7. The third-order valence-corrected chi connectivity index (χ3v) is 6.90. The zero-order valence-electron chi connectivity index (χ0n) is 16.5. The van der Waals surface area contributed by atoms with Crippen LogP contribution in [0.5, 0.6) is 5.75 Å². The number of fused-ring (bicyclic) bond motifs is 2. The van der Waals surface area contributed by atoms with Crippen LogP contribution in [0.3, 0.4) is 0 Å². The molecule has 0 saturated carbocycles. The van der Waals surface area contributed by atoms with E-state index in [1.807, 2.05) is 19.1 Å². The normalized spacial score (nSPS) is 30.9. The van der Waals surface area contributed by atoms with Crippen molar-refractivity contribution in [1.82, 2.24) is 14.8 Å². The molecule has 1 amide bonds. The van der Waals surface area contributed by atoms with Crippen molar-refractivity contribution in [2.24, 2.45) is 5.92 Å². The predicted octanol–water partition coefficient (Wildman–Crippen LogP) is 3.10. The molecule has 0 N–H and O–H groups in total. The number of benzene rings is 1. The molecule has 6 rings (SSSR count). The van der Waals surface area contributed by atoms with E-state index in [9.17, 15) is 4.79 Å². The SMILES string of the molecule is COc1cccc([C@H]2CN(C(=O)c3cncc(C)c3)[C@H]3C4CCN(CC4)[C@@H]23)c1. The highest BCUT2D eigenvalue weighted by Gasteiger charge is 2.54. The summed E-state index contributed by atoms with van der Waals surface area (Å²) in [6.45, 7) is 5.06. The Kier molecular flexibility index (Phi) is 4.35. The summed E-state index contributed by atoms with van der Waals surface area (Å²) in [6, 6.07) is 11.1. The van der Waals surface area contributed by atoms with Gasteiger partial charge in [0, 0.05) is 30.9 Å². The summed E-state index contributed by atoms with van der Waals surface area (Å²) in [4.78, 5) is 22.5. The maximum Gasteiger partial charge on any atom is 0.255 e. The van der Waals surface area contributed by atoms with Crippen LogP contribution in [0.4, 0.5) is 0 Å². The Morgan fingerprint density at radius 1 is 1.14 bits per heavy atom. The minimum atomic E-state index is 0.130. The molecule has 4 aliphatic rings. The van der Waals surface area contributed by atoms with E-state index in [1.54, 1.807) is 19.5 Å². The second kappa shape index (κ2) is 6.89. The van der Waals surface area contributed by atoms with E-state index in [1.165, 1.54) is 18.4 Å². The number of likely N-dealkylation sites (tertiary alicyclic amines) is 1. The number of amides is 1. The number of ether oxygens (including phenoxy) is 1. The fourth-order valence-corrected chi connectivity index (χ4v) is 5.66. The highest BCUT2D eigenvalue weighted by Crippen LogP contribution is 2.47. The lowest BCUT2D eigenvalue weighted by atomic mass is 9.75. The van der Waals surface area contributed by atoms with Crippen molar-refractivity contribution in [2.45, 2.75) is 37.8 Å². The van der Waals surface area contributed by atoms with Crippen LogP contribution in [0.1, 0.15) is 40.2 Å². The Labute approximate surface area is 166 Å². The first-order valence-corrected chi connectivity index (χ1v) is 10.3. The van der Waals surface area contributed by atoms with Gasteiger partial charge in [0.25, 0.3) is 5.91 Å². The molecule has 146 valence electrons. The molecule has 4 saturated heterocycles. The molecule has 3 atom stereocenters. The van der Waals surface area contributed by atoms with E-state index in [2.05, 4.69) is 33.0 Å². The Morgan fingerprint density at radius 3 is 2.71 bits per heavy atom. The third kappa shape index (κ3) is 2.80. The summed E-state index contributed by atoms with van der Waals surface area (Å²) >= 11 is 0. The number of methoxy groups -OCH3 is 1. The lowest BCUT2D eigenvalue weighted by Crippen LogP contribution is -2.60. The zero-order chi connectivity index (χ0) is 19.3. The molecular formula is C23H27N3O2. The third-order valence-electron chi connectivity index (χ3n) is 6.90. The quantitative estimate of drug-likeness (QED) is 0.825. The average molecular weight is 377 g/mol. The van der Waals surface area contributed by atoms with Crippen LogP contribution < -0.4 is 4.74 Å². The van der Waals surface area contributed by atoms with E-state index in [0.717, 1.165) is 30.9 Å². The zero-order valence-corrected chi connectivity index (χ0v) is 16.5. The number of piperidine rings is 3. The number of pyridine rings is 1. The first kappa shape index (κ1) is 17.7. The van der Waals surface area contributed by atoms with Gasteiger partial charge in [-0.3, -0.25) is 14.7 Å². The molecular weight excluding hydrogens is 350 g/mol. The second-order valence-electron chi connectivity index (χ2n) is 8.45. The summed E-state index contributed by atoms with van der Waals surface area (Å²) in [6.07, 6.45) is 5.91. The van der Waals surface area contributed by atoms with Crippen LogP contribution in [0.25, 0.3) is 0 Å². The molecule has 5 heterocycles. The molecule has 0 aliphatic carbocycles. The van der Waals surface area contributed by atoms with Gasteiger partial charge in [-0.05, 0) is 68.1 Å². The van der Waals surface area contributed by atoms with E-state index in [4.69, 9.17) is 4.74 Å². The standard InChI is InChI=1S/C23H27N3O2/c1-15-10-18(13-24-12-15)23(27)26-14-20(17-4-3-5-19(11-17)28-2)22-21(26)16-6-8-25(22)9-7-16/h3-5,10-13,16,20-22H,6-9,14H2,1-2H3/t20-,21+,22+/m1/s1. The maximum absolute atomic E-state index is 13.5. The molecule has 1 aromatic heterocycles. The van der Waals surface area contributed by atoms with Crippen LogP contribution in [0.2, 0.25) is 0 Å². The van der Waals surface area contributed by atoms with Gasteiger partial charge in [0.15, 0.2) is 0 Å². The van der Waals surface area contributed by atoms with Crippen LogP contribution in [-0.2, 0) is 0 Å². The van der Waals surface area contributed by atoms with Gasteiger partial charge in [-0.25, -0.2) is 0 Å². The number of aryl methyl sites for hydroxylation is 1. The van der Waals surface area contributed by atoms with Gasteiger partial charge in [-0.15, -0.1) is 0 Å². The van der Waals surface area contributed by atoms with Gasteiger partial charge in [0.2, 0.25) is 0 Å². The molecule has 28 heavy (non-hydrogen) atoms. The van der Waals surface area contributed by atoms with Gasteiger partial charge in [-0.2, -0.15) is 0 Å². The monoisotopic (exact) mass is 377 g/mol. The van der Waals surface area contributed by atoms with Crippen LogP contribution in [0.15, 0.2) is 42.7 Å². The van der Waals surface area contributed by atoms with Crippen LogP contribution in [0, 0.1) is 12.8 Å². The van der Waals surface area contributed by atoms with E-state index in [0.29, 0.717) is 29.5 Å². The van der Waals surface area contributed by atoms with Gasteiger partial charge in [0.1, 0.15) is 5.75 Å². The number of rotatable bonds is 3. The molecule has 4 aliphatic heterocycles. The van der Waals surface area contributed by atoms with Crippen molar-refractivity contribution in [1.29, 1.82) is 0 Å². The molecule has 5 heteroatoms. The number of hydrogen-bond acceptors (Lipinski definition) is 4. The van der Waals surface area contributed by atoms with E-state index >= 15 is 0 Å². The lowest BCUT2D eigenvalue weighted by Gasteiger charge is -2.51. The second-order valence-corrected chi connectivity index (χ2v) is 8.45. The molecule has 4 fully saturated rings. The number of carbonyl (C=O) groups is 1. The van der Waals surface area contributed by atoms with Crippen LogP contribution in [-0.4, -0.2) is 59.5 Å². The van der Waals surface area contributed by atoms with Gasteiger partial charge in [-0.1, -0.05) is 12.1 Å². The number of hydrogen-bond donors (Lipinski definition) is 0. The Morgan fingerprint density at radius 2 is 1.96 bits per heavy atom. The summed E-state index contributed by atoms with van der Waals surface area (Å²) in [7, 11) is 1.71. The molecule has 0 radical (unpaired) electrons. The summed E-state index contributed by atoms with van der Waals surface area (Å²) < 4.78 is 5.47. The van der Waals surface area contributed by atoms with Crippen molar-refractivity contribution in [2.75, 3.05) is 26.7 Å². The average Bonchev–Trinajstić information content (AvgIpc) is 3.17. The van der Waals surface area contributed by atoms with E-state index < -0.39 is 0 Å². The minimum absolute atomic E-state index is 0.130. The van der Waals surface area contributed by atoms with Crippen molar-refractivity contribution >= 4 is 5.91 Å². The Hall–Kier alpha value is -2.40. The molecule has 2 aromatic rings. The molecule has 0 spiro atoms. The lowest BCUT2D eigenvalue weighted by molar-refractivity contribution is -0.00343. The first-order valence-electron chi connectivity index (χ1n) is 10.3. The van der Waals surface area contributed by atoms with Crippen molar-refractivity contribution in [3.8, 4) is 5.75 Å². The van der Waals surface area contributed by atoms with Crippen molar-refractivity contribution in [3.05, 3.63) is 59.4 Å². The van der Waals surface area contributed by atoms with Crippen molar-refractivity contribution in [3.63, 3.8) is 0 Å². The van der Waals surface area contributed by atoms with Crippen molar-refractivity contribution < 1.29 is 9.53 Å². The molecule has 2 bridgehead atoms. The minimum Gasteiger partial charge on any atom is -0.497 e. The highest BCUT2D eigenvalue weighted by atomic mass is 16.5. The van der Waals surface area contributed by atoms with Gasteiger partial charge >= 0.3 is 0 Å². The smallest absolute Gasteiger partial charge is 0.255 e.